The third-order valence-corrected chi connectivity index (χ3v) is 3.25. The highest BCUT2D eigenvalue weighted by molar-refractivity contribution is 5.39. The lowest BCUT2D eigenvalue weighted by Gasteiger charge is -2.22. The van der Waals surface area contributed by atoms with Gasteiger partial charge in [-0.05, 0) is 50.4 Å². The van der Waals surface area contributed by atoms with Crippen LogP contribution >= 0.6 is 0 Å². The van der Waals surface area contributed by atoms with Gasteiger partial charge in [-0.25, -0.2) is 0 Å². The first-order valence-electron chi connectivity index (χ1n) is 6.36. The molecule has 0 aliphatic carbocycles. The topological polar surface area (TPSA) is 30.5 Å². The van der Waals surface area contributed by atoms with Crippen molar-refractivity contribution in [3.05, 3.63) is 24.3 Å². The second kappa shape index (κ2) is 6.50. The Bertz CT molecular complexity index is 335. The fourth-order valence-electron chi connectivity index (χ4n) is 2.24. The summed E-state index contributed by atoms with van der Waals surface area (Å²) in [7, 11) is 1.67. The SMILES string of the molecule is COc1ccccc1OCC[C@@H]1CCCNC1. The highest BCUT2D eigenvalue weighted by Crippen LogP contribution is 2.26. The van der Waals surface area contributed by atoms with Crippen molar-refractivity contribution in [2.75, 3.05) is 26.8 Å². The molecule has 0 spiro atoms. The molecule has 1 aromatic carbocycles. The number of rotatable bonds is 5. The standard InChI is InChI=1S/C14H21NO2/c1-16-13-6-2-3-7-14(13)17-10-8-12-5-4-9-15-11-12/h2-3,6-7,12,15H,4-5,8-11H2,1H3/t12-/m0/s1. The Morgan fingerprint density at radius 1 is 1.29 bits per heavy atom. The Labute approximate surface area is 103 Å². The monoisotopic (exact) mass is 235 g/mol. The van der Waals surface area contributed by atoms with E-state index in [1.165, 1.54) is 19.4 Å². The predicted octanol–water partition coefficient (Wildman–Crippen LogP) is 2.46. The van der Waals surface area contributed by atoms with Crippen LogP contribution in [0.3, 0.4) is 0 Å². The van der Waals surface area contributed by atoms with Gasteiger partial charge in [-0.15, -0.1) is 0 Å². The third kappa shape index (κ3) is 3.63. The zero-order chi connectivity index (χ0) is 11.9. The van der Waals surface area contributed by atoms with Gasteiger partial charge < -0.3 is 14.8 Å². The van der Waals surface area contributed by atoms with Crippen LogP contribution in [0, 0.1) is 5.92 Å². The van der Waals surface area contributed by atoms with Crippen LogP contribution in [0.15, 0.2) is 24.3 Å². The molecular formula is C14H21NO2. The van der Waals surface area contributed by atoms with Gasteiger partial charge in [-0.3, -0.25) is 0 Å². The molecule has 1 N–H and O–H groups in total. The molecule has 17 heavy (non-hydrogen) atoms. The van der Waals surface area contributed by atoms with E-state index < -0.39 is 0 Å². The Hall–Kier alpha value is -1.22. The van der Waals surface area contributed by atoms with E-state index in [0.717, 1.165) is 37.0 Å². The lowest BCUT2D eigenvalue weighted by atomic mass is 9.97. The molecule has 1 heterocycles. The zero-order valence-electron chi connectivity index (χ0n) is 10.4. The molecule has 0 radical (unpaired) electrons. The number of methoxy groups -OCH3 is 1. The first kappa shape index (κ1) is 12.2. The lowest BCUT2D eigenvalue weighted by Crippen LogP contribution is -2.30. The largest absolute Gasteiger partial charge is 0.493 e. The maximum Gasteiger partial charge on any atom is 0.161 e. The quantitative estimate of drug-likeness (QED) is 0.850. The molecule has 0 amide bonds. The van der Waals surface area contributed by atoms with Crippen molar-refractivity contribution >= 4 is 0 Å². The summed E-state index contributed by atoms with van der Waals surface area (Å²) in [6.07, 6.45) is 3.73. The predicted molar refractivity (Wildman–Crippen MR) is 68.7 cm³/mol. The third-order valence-electron chi connectivity index (χ3n) is 3.25. The number of ether oxygens (including phenoxy) is 2. The highest BCUT2D eigenvalue weighted by atomic mass is 16.5. The number of nitrogens with one attached hydrogen (secondary N) is 1. The minimum absolute atomic E-state index is 0.762. The van der Waals surface area contributed by atoms with E-state index in [1.807, 2.05) is 24.3 Å². The minimum atomic E-state index is 0.762. The molecule has 3 nitrogen and oxygen atoms in total. The van der Waals surface area contributed by atoms with E-state index in [0.29, 0.717) is 0 Å². The van der Waals surface area contributed by atoms with Crippen molar-refractivity contribution in [2.45, 2.75) is 19.3 Å². The first-order valence-corrected chi connectivity index (χ1v) is 6.36. The first-order chi connectivity index (χ1) is 8.40. The molecule has 1 saturated heterocycles. The van der Waals surface area contributed by atoms with Gasteiger partial charge in [0.2, 0.25) is 0 Å². The summed E-state index contributed by atoms with van der Waals surface area (Å²) in [6.45, 7) is 3.08. The van der Waals surface area contributed by atoms with Crippen LogP contribution in [-0.2, 0) is 0 Å². The van der Waals surface area contributed by atoms with Gasteiger partial charge in [0.15, 0.2) is 11.5 Å². The summed E-state index contributed by atoms with van der Waals surface area (Å²) in [5.74, 6) is 2.42. The molecule has 1 aliphatic rings. The van der Waals surface area contributed by atoms with Crippen LogP contribution < -0.4 is 14.8 Å². The van der Waals surface area contributed by atoms with Crippen LogP contribution in [-0.4, -0.2) is 26.8 Å². The van der Waals surface area contributed by atoms with Crippen molar-refractivity contribution in [2.24, 2.45) is 5.92 Å². The molecule has 1 atom stereocenters. The van der Waals surface area contributed by atoms with Gasteiger partial charge >= 0.3 is 0 Å². The molecule has 94 valence electrons. The van der Waals surface area contributed by atoms with Crippen LogP contribution in [0.1, 0.15) is 19.3 Å². The molecule has 1 aliphatic heterocycles. The van der Waals surface area contributed by atoms with E-state index in [4.69, 9.17) is 9.47 Å². The average molecular weight is 235 g/mol. The number of benzene rings is 1. The minimum Gasteiger partial charge on any atom is -0.493 e. The number of hydrogen-bond acceptors (Lipinski definition) is 3. The second-order valence-electron chi connectivity index (χ2n) is 4.50. The molecule has 1 aromatic rings. The summed E-state index contributed by atoms with van der Waals surface area (Å²) in [5, 5.41) is 3.43. The Morgan fingerprint density at radius 3 is 2.82 bits per heavy atom. The van der Waals surface area contributed by atoms with E-state index in [-0.39, 0.29) is 0 Å². The Kier molecular flexibility index (Phi) is 4.68. The van der Waals surface area contributed by atoms with Crippen molar-refractivity contribution in [1.29, 1.82) is 0 Å². The Morgan fingerprint density at radius 2 is 2.12 bits per heavy atom. The summed E-state index contributed by atoms with van der Waals surface area (Å²) in [4.78, 5) is 0. The van der Waals surface area contributed by atoms with Gasteiger partial charge in [0, 0.05) is 0 Å². The van der Waals surface area contributed by atoms with Crippen molar-refractivity contribution in [3.63, 3.8) is 0 Å². The second-order valence-corrected chi connectivity index (χ2v) is 4.50. The molecule has 0 aromatic heterocycles. The van der Waals surface area contributed by atoms with E-state index in [2.05, 4.69) is 5.32 Å². The van der Waals surface area contributed by atoms with Crippen LogP contribution in [0.4, 0.5) is 0 Å². The van der Waals surface area contributed by atoms with Crippen LogP contribution in [0.5, 0.6) is 11.5 Å². The Balaban J connectivity index is 1.77. The fourth-order valence-corrected chi connectivity index (χ4v) is 2.24. The molecular weight excluding hydrogens is 214 g/mol. The molecule has 2 rings (SSSR count). The summed E-state index contributed by atoms with van der Waals surface area (Å²) in [6, 6.07) is 7.81. The number of hydrogen-bond donors (Lipinski definition) is 1. The summed E-state index contributed by atoms with van der Waals surface area (Å²) >= 11 is 0. The molecule has 0 unspecified atom stereocenters. The van der Waals surface area contributed by atoms with Crippen molar-refractivity contribution in [3.8, 4) is 11.5 Å². The lowest BCUT2D eigenvalue weighted by molar-refractivity contribution is 0.245. The zero-order valence-corrected chi connectivity index (χ0v) is 10.4. The van der Waals surface area contributed by atoms with Gasteiger partial charge in [0.1, 0.15) is 0 Å². The smallest absolute Gasteiger partial charge is 0.161 e. The molecule has 1 fully saturated rings. The van der Waals surface area contributed by atoms with Crippen LogP contribution in [0.2, 0.25) is 0 Å². The van der Waals surface area contributed by atoms with Gasteiger partial charge in [-0.2, -0.15) is 0 Å². The number of piperidine rings is 1. The maximum absolute atomic E-state index is 5.78. The number of para-hydroxylation sites is 2. The molecule has 0 bridgehead atoms. The molecule has 0 saturated carbocycles. The van der Waals surface area contributed by atoms with E-state index in [1.54, 1.807) is 7.11 Å². The summed E-state index contributed by atoms with van der Waals surface area (Å²) in [5.41, 5.74) is 0. The van der Waals surface area contributed by atoms with E-state index in [9.17, 15) is 0 Å². The van der Waals surface area contributed by atoms with Gasteiger partial charge in [-0.1, -0.05) is 12.1 Å². The maximum atomic E-state index is 5.78. The summed E-state index contributed by atoms with van der Waals surface area (Å²) < 4.78 is 11.0. The normalized spacial score (nSPS) is 19.9. The van der Waals surface area contributed by atoms with Crippen LogP contribution in [0.25, 0.3) is 0 Å². The van der Waals surface area contributed by atoms with Crippen molar-refractivity contribution in [1.82, 2.24) is 5.32 Å². The van der Waals surface area contributed by atoms with Gasteiger partial charge in [0.05, 0.1) is 13.7 Å². The fraction of sp³-hybridized carbons (Fsp3) is 0.571. The van der Waals surface area contributed by atoms with Crippen molar-refractivity contribution < 1.29 is 9.47 Å². The highest BCUT2D eigenvalue weighted by Gasteiger charge is 2.13. The molecule has 3 heteroatoms. The van der Waals surface area contributed by atoms with E-state index >= 15 is 0 Å². The average Bonchev–Trinajstić information content (AvgIpc) is 2.40. The van der Waals surface area contributed by atoms with Gasteiger partial charge in [0.25, 0.3) is 0 Å².